The van der Waals surface area contributed by atoms with Crippen LogP contribution >= 0.6 is 0 Å². The zero-order chi connectivity index (χ0) is 25.5. The van der Waals surface area contributed by atoms with Gasteiger partial charge in [-0.15, -0.1) is 10.2 Å². The fourth-order valence-corrected chi connectivity index (χ4v) is 5.37. The third-order valence-electron chi connectivity index (χ3n) is 7.49. The summed E-state index contributed by atoms with van der Waals surface area (Å²) in [6, 6.07) is 4.08. The van der Waals surface area contributed by atoms with Crippen molar-refractivity contribution in [2.75, 3.05) is 43.4 Å². The van der Waals surface area contributed by atoms with Gasteiger partial charge in [-0.2, -0.15) is 4.98 Å². The maximum absolute atomic E-state index is 13.8. The van der Waals surface area contributed by atoms with Crippen LogP contribution in [0.2, 0.25) is 0 Å². The van der Waals surface area contributed by atoms with Crippen LogP contribution in [0, 0.1) is 13.8 Å². The summed E-state index contributed by atoms with van der Waals surface area (Å²) in [6.07, 6.45) is 7.68. The number of aryl methyl sites for hydroxylation is 2. The number of likely N-dealkylation sites (N-methyl/N-ethyl adjacent to an activating group) is 1. The van der Waals surface area contributed by atoms with Crippen molar-refractivity contribution in [1.29, 1.82) is 0 Å². The number of aromatic nitrogens is 6. The maximum atomic E-state index is 13.8. The fourth-order valence-electron chi connectivity index (χ4n) is 5.37. The van der Waals surface area contributed by atoms with E-state index in [1.165, 1.54) is 0 Å². The molecule has 11 nitrogen and oxygen atoms in total. The Morgan fingerprint density at radius 2 is 1.78 bits per heavy atom. The fraction of sp³-hybridized carbons (Fsp3) is 0.462. The maximum Gasteiger partial charge on any atom is 0.265 e. The molecule has 0 amide bonds. The number of rotatable bonds is 5. The Labute approximate surface area is 214 Å². The molecule has 1 aliphatic carbocycles. The molecule has 0 unspecified atom stereocenters. The summed E-state index contributed by atoms with van der Waals surface area (Å²) in [4.78, 5) is 32.5. The Kier molecular flexibility index (Phi) is 6.07. The van der Waals surface area contributed by atoms with E-state index in [4.69, 9.17) is 9.40 Å². The minimum absolute atomic E-state index is 0.0714. The molecule has 4 aromatic rings. The van der Waals surface area contributed by atoms with Crippen molar-refractivity contribution in [2.45, 2.75) is 45.6 Å². The molecule has 5 heterocycles. The first-order valence-electron chi connectivity index (χ1n) is 12.9. The average molecular weight is 502 g/mol. The summed E-state index contributed by atoms with van der Waals surface area (Å²) in [5.74, 6) is 1.71. The molecule has 6 rings (SSSR count). The van der Waals surface area contributed by atoms with E-state index in [0.29, 0.717) is 28.9 Å². The third kappa shape index (κ3) is 4.43. The van der Waals surface area contributed by atoms with Crippen LogP contribution in [0.25, 0.3) is 22.5 Å². The van der Waals surface area contributed by atoms with Gasteiger partial charge in [0.25, 0.3) is 11.4 Å². The number of nitrogens with zero attached hydrogens (tertiary/aromatic N) is 8. The van der Waals surface area contributed by atoms with Gasteiger partial charge >= 0.3 is 0 Å². The van der Waals surface area contributed by atoms with Crippen molar-refractivity contribution < 1.29 is 4.42 Å². The lowest BCUT2D eigenvalue weighted by molar-refractivity contribution is 0.313. The molecule has 2 fully saturated rings. The zero-order valence-corrected chi connectivity index (χ0v) is 21.4. The molecule has 0 atom stereocenters. The van der Waals surface area contributed by atoms with Gasteiger partial charge in [0.15, 0.2) is 0 Å². The van der Waals surface area contributed by atoms with E-state index in [1.54, 1.807) is 17.7 Å². The zero-order valence-electron chi connectivity index (χ0n) is 21.4. The lowest BCUT2D eigenvalue weighted by Crippen LogP contribution is -2.44. The first-order chi connectivity index (χ1) is 18.0. The highest BCUT2D eigenvalue weighted by molar-refractivity contribution is 5.85. The number of anilines is 3. The number of hydrogen-bond donors (Lipinski definition) is 1. The van der Waals surface area contributed by atoms with Gasteiger partial charge < -0.3 is 19.5 Å². The molecule has 192 valence electrons. The van der Waals surface area contributed by atoms with Crippen LogP contribution in [0.3, 0.4) is 0 Å². The number of fused-ring (bicyclic) bond motifs is 1. The van der Waals surface area contributed by atoms with Crippen molar-refractivity contribution in [1.82, 2.24) is 34.6 Å². The van der Waals surface area contributed by atoms with Crippen LogP contribution in [0.1, 0.15) is 43.2 Å². The number of piperazine rings is 1. The molecule has 1 saturated heterocycles. The molecule has 0 spiro atoms. The Balaban J connectivity index is 1.36. The van der Waals surface area contributed by atoms with Gasteiger partial charge in [0.05, 0.1) is 11.9 Å². The second-order valence-corrected chi connectivity index (χ2v) is 9.99. The smallest absolute Gasteiger partial charge is 0.265 e. The SMILES string of the molecule is Cc1nnc(-c2c(C)c3cnc(Nc4ccc(N5CCN(C)CC5)cn4)nc3n(C3CCCC3)c2=O)o1. The van der Waals surface area contributed by atoms with Crippen LogP contribution in [0.15, 0.2) is 33.7 Å². The van der Waals surface area contributed by atoms with E-state index in [-0.39, 0.29) is 17.5 Å². The van der Waals surface area contributed by atoms with E-state index in [2.05, 4.69) is 48.4 Å². The Morgan fingerprint density at radius 3 is 2.46 bits per heavy atom. The number of hydrogen-bond acceptors (Lipinski definition) is 10. The summed E-state index contributed by atoms with van der Waals surface area (Å²) in [6.45, 7) is 7.66. The number of nitrogens with one attached hydrogen (secondary N) is 1. The number of pyridine rings is 2. The Bertz CT molecular complexity index is 1480. The van der Waals surface area contributed by atoms with Gasteiger partial charge in [-0.3, -0.25) is 9.36 Å². The van der Waals surface area contributed by atoms with Gasteiger partial charge in [-0.05, 0) is 44.5 Å². The summed E-state index contributed by atoms with van der Waals surface area (Å²) in [5.41, 5.74) is 2.72. The van der Waals surface area contributed by atoms with Crippen molar-refractivity contribution in [3.05, 3.63) is 46.3 Å². The molecule has 1 aliphatic heterocycles. The lowest BCUT2D eigenvalue weighted by Gasteiger charge is -2.33. The molecule has 4 aromatic heterocycles. The third-order valence-corrected chi connectivity index (χ3v) is 7.49. The van der Waals surface area contributed by atoms with Gasteiger partial charge in [0.2, 0.25) is 11.8 Å². The second-order valence-electron chi connectivity index (χ2n) is 9.99. The van der Waals surface area contributed by atoms with Crippen LogP contribution < -0.4 is 15.8 Å². The molecule has 2 aliphatic rings. The monoisotopic (exact) mass is 501 g/mol. The Hall–Kier alpha value is -3.86. The second kappa shape index (κ2) is 9.55. The summed E-state index contributed by atoms with van der Waals surface area (Å²) in [7, 11) is 2.15. The molecule has 0 aromatic carbocycles. The van der Waals surface area contributed by atoms with Gasteiger partial charge in [0, 0.05) is 50.7 Å². The van der Waals surface area contributed by atoms with Crippen molar-refractivity contribution in [3.8, 4) is 11.5 Å². The van der Waals surface area contributed by atoms with E-state index < -0.39 is 0 Å². The van der Waals surface area contributed by atoms with Crippen molar-refractivity contribution >= 4 is 28.5 Å². The highest BCUT2D eigenvalue weighted by Crippen LogP contribution is 2.33. The first-order valence-corrected chi connectivity index (χ1v) is 12.9. The molecule has 0 radical (unpaired) electrons. The normalized spacial score (nSPS) is 17.1. The molecular formula is C26H31N9O2. The minimum Gasteiger partial charge on any atom is -0.421 e. The molecule has 1 saturated carbocycles. The summed E-state index contributed by atoms with van der Waals surface area (Å²) >= 11 is 0. The minimum atomic E-state index is -0.153. The van der Waals surface area contributed by atoms with Crippen molar-refractivity contribution in [3.63, 3.8) is 0 Å². The predicted octanol–water partition coefficient (Wildman–Crippen LogP) is 3.46. The summed E-state index contributed by atoms with van der Waals surface area (Å²) in [5, 5.41) is 12.1. The van der Waals surface area contributed by atoms with E-state index in [9.17, 15) is 4.79 Å². The lowest BCUT2D eigenvalue weighted by atomic mass is 10.1. The topological polar surface area (TPSA) is 118 Å². The predicted molar refractivity (Wildman–Crippen MR) is 141 cm³/mol. The van der Waals surface area contributed by atoms with Crippen LogP contribution in [0.5, 0.6) is 0 Å². The quantitative estimate of drug-likeness (QED) is 0.435. The molecule has 1 N–H and O–H groups in total. The largest absolute Gasteiger partial charge is 0.421 e. The Morgan fingerprint density at radius 1 is 1.00 bits per heavy atom. The molecular weight excluding hydrogens is 470 g/mol. The van der Waals surface area contributed by atoms with Crippen molar-refractivity contribution in [2.24, 2.45) is 0 Å². The van der Waals surface area contributed by atoms with Gasteiger partial charge in [-0.25, -0.2) is 9.97 Å². The van der Waals surface area contributed by atoms with E-state index >= 15 is 0 Å². The average Bonchev–Trinajstić information content (AvgIpc) is 3.58. The molecule has 0 bridgehead atoms. The van der Waals surface area contributed by atoms with Gasteiger partial charge in [-0.1, -0.05) is 12.8 Å². The van der Waals surface area contributed by atoms with Crippen LogP contribution in [-0.2, 0) is 0 Å². The van der Waals surface area contributed by atoms with Crippen LogP contribution in [0.4, 0.5) is 17.5 Å². The molecule has 11 heteroatoms. The molecule has 37 heavy (non-hydrogen) atoms. The first kappa shape index (κ1) is 23.5. The highest BCUT2D eigenvalue weighted by atomic mass is 16.4. The standard InChI is InChI=1S/C26H31N9O2/c1-16-20-15-28-26(29-21-9-8-19(14-27-21)34-12-10-33(3)11-13-34)30-23(20)35(18-6-4-5-7-18)25(36)22(16)24-32-31-17(2)37-24/h8-9,14-15,18H,4-7,10-13H2,1-3H3,(H,27,28,29,30). The summed E-state index contributed by atoms with van der Waals surface area (Å²) < 4.78 is 7.46. The van der Waals surface area contributed by atoms with Gasteiger partial charge in [0.1, 0.15) is 17.0 Å². The highest BCUT2D eigenvalue weighted by Gasteiger charge is 2.27. The van der Waals surface area contributed by atoms with E-state index in [1.807, 2.05) is 19.2 Å². The van der Waals surface area contributed by atoms with E-state index in [0.717, 1.165) is 68.5 Å². The van der Waals surface area contributed by atoms with Crippen LogP contribution in [-0.4, -0.2) is 67.8 Å².